The summed E-state index contributed by atoms with van der Waals surface area (Å²) in [6.07, 6.45) is 1.01. The van der Waals surface area contributed by atoms with Crippen molar-refractivity contribution in [3.8, 4) is 5.75 Å². The fourth-order valence-electron chi connectivity index (χ4n) is 2.59. The largest absolute Gasteiger partial charge is 0.493 e. The lowest BCUT2D eigenvalue weighted by atomic mass is 10.1. The zero-order valence-electron chi connectivity index (χ0n) is 11.8. The summed E-state index contributed by atoms with van der Waals surface area (Å²) in [6.45, 7) is 5.82. The minimum Gasteiger partial charge on any atom is -0.493 e. The topological polar surface area (TPSA) is 21.3 Å². The zero-order valence-corrected chi connectivity index (χ0v) is 13.4. The lowest BCUT2D eigenvalue weighted by Crippen LogP contribution is -2.03. The van der Waals surface area contributed by atoms with E-state index >= 15 is 0 Å². The Hall–Kier alpha value is -1.48. The van der Waals surface area contributed by atoms with Crippen LogP contribution in [-0.4, -0.2) is 6.61 Å². The van der Waals surface area contributed by atoms with Crippen molar-refractivity contribution in [2.24, 2.45) is 0 Å². The van der Waals surface area contributed by atoms with Gasteiger partial charge in [-0.1, -0.05) is 28.1 Å². The summed E-state index contributed by atoms with van der Waals surface area (Å²) in [5, 5.41) is 3.53. The van der Waals surface area contributed by atoms with E-state index in [9.17, 15) is 0 Å². The third-order valence-electron chi connectivity index (χ3n) is 3.69. The molecule has 3 rings (SSSR count). The van der Waals surface area contributed by atoms with Crippen LogP contribution in [0.2, 0.25) is 0 Å². The van der Waals surface area contributed by atoms with Gasteiger partial charge in [-0.25, -0.2) is 0 Å². The van der Waals surface area contributed by atoms with Gasteiger partial charge in [-0.05, 0) is 48.7 Å². The second-order valence-electron chi connectivity index (χ2n) is 5.32. The SMILES string of the molecule is Cc1ccc(C)c(NCc2cc(Br)cc3c2OCC3)c1. The Morgan fingerprint density at radius 2 is 2.05 bits per heavy atom. The van der Waals surface area contributed by atoms with Gasteiger partial charge in [0.1, 0.15) is 5.75 Å². The first-order valence-electron chi connectivity index (χ1n) is 6.89. The maximum atomic E-state index is 5.77. The molecule has 1 aliphatic heterocycles. The predicted octanol–water partition coefficient (Wildman–Crippen LogP) is 4.61. The van der Waals surface area contributed by atoms with E-state index in [0.29, 0.717) is 0 Å². The van der Waals surface area contributed by atoms with E-state index in [4.69, 9.17) is 4.74 Å². The average Bonchev–Trinajstić information content (AvgIpc) is 2.87. The molecular formula is C17H18BrNO. The lowest BCUT2D eigenvalue weighted by Gasteiger charge is -2.13. The molecule has 0 saturated heterocycles. The predicted molar refractivity (Wildman–Crippen MR) is 86.6 cm³/mol. The van der Waals surface area contributed by atoms with E-state index in [0.717, 1.165) is 29.8 Å². The Morgan fingerprint density at radius 1 is 1.20 bits per heavy atom. The van der Waals surface area contributed by atoms with Crippen LogP contribution < -0.4 is 10.1 Å². The van der Waals surface area contributed by atoms with E-state index in [1.807, 2.05) is 0 Å². The number of hydrogen-bond donors (Lipinski definition) is 1. The molecule has 0 amide bonds. The standard InChI is InChI=1S/C17H18BrNO/c1-11-3-4-12(2)16(7-11)19-10-14-9-15(18)8-13-5-6-20-17(13)14/h3-4,7-9,19H,5-6,10H2,1-2H3. The van der Waals surface area contributed by atoms with Gasteiger partial charge in [0.2, 0.25) is 0 Å². The molecule has 0 aromatic heterocycles. The maximum absolute atomic E-state index is 5.77. The number of halogens is 1. The number of hydrogen-bond acceptors (Lipinski definition) is 2. The van der Waals surface area contributed by atoms with E-state index < -0.39 is 0 Å². The van der Waals surface area contributed by atoms with Crippen LogP contribution in [0.1, 0.15) is 22.3 Å². The number of ether oxygens (including phenoxy) is 1. The van der Waals surface area contributed by atoms with Crippen LogP contribution in [0.3, 0.4) is 0 Å². The second-order valence-corrected chi connectivity index (χ2v) is 6.24. The third kappa shape index (κ3) is 2.68. The van der Waals surface area contributed by atoms with Crippen LogP contribution in [0.25, 0.3) is 0 Å². The van der Waals surface area contributed by atoms with Crippen molar-refractivity contribution < 1.29 is 4.74 Å². The molecule has 2 aromatic rings. The van der Waals surface area contributed by atoms with Crippen LogP contribution in [0, 0.1) is 13.8 Å². The zero-order chi connectivity index (χ0) is 14.1. The first kappa shape index (κ1) is 13.5. The minimum absolute atomic E-state index is 0.784. The second kappa shape index (κ2) is 5.49. The molecule has 0 fully saturated rings. The first-order chi connectivity index (χ1) is 9.63. The summed E-state index contributed by atoms with van der Waals surface area (Å²) in [5.74, 6) is 1.06. The van der Waals surface area contributed by atoms with Gasteiger partial charge in [0.15, 0.2) is 0 Å². The minimum atomic E-state index is 0.784. The number of anilines is 1. The van der Waals surface area contributed by atoms with E-state index in [1.54, 1.807) is 0 Å². The van der Waals surface area contributed by atoms with Crippen LogP contribution in [0.15, 0.2) is 34.8 Å². The van der Waals surface area contributed by atoms with Gasteiger partial charge in [-0.15, -0.1) is 0 Å². The highest BCUT2D eigenvalue weighted by Gasteiger charge is 2.17. The number of nitrogens with one attached hydrogen (secondary N) is 1. The average molecular weight is 332 g/mol. The van der Waals surface area contributed by atoms with Crippen molar-refractivity contribution in [2.75, 3.05) is 11.9 Å². The molecule has 0 aliphatic carbocycles. The van der Waals surface area contributed by atoms with Gasteiger partial charge < -0.3 is 10.1 Å². The number of fused-ring (bicyclic) bond motifs is 1. The number of benzene rings is 2. The summed E-state index contributed by atoms with van der Waals surface area (Å²) in [6, 6.07) is 10.8. The molecule has 2 nitrogen and oxygen atoms in total. The van der Waals surface area contributed by atoms with Crippen molar-refractivity contribution in [3.05, 3.63) is 57.1 Å². The Balaban J connectivity index is 1.84. The van der Waals surface area contributed by atoms with Crippen molar-refractivity contribution in [1.29, 1.82) is 0 Å². The van der Waals surface area contributed by atoms with E-state index in [1.165, 1.54) is 27.9 Å². The summed E-state index contributed by atoms with van der Waals surface area (Å²) in [5.41, 5.74) is 6.25. The molecule has 0 unspecified atom stereocenters. The first-order valence-corrected chi connectivity index (χ1v) is 7.68. The Bertz CT molecular complexity index is 652. The van der Waals surface area contributed by atoms with E-state index in [2.05, 4.69) is 65.4 Å². The highest BCUT2D eigenvalue weighted by atomic mass is 79.9. The van der Waals surface area contributed by atoms with Crippen molar-refractivity contribution in [2.45, 2.75) is 26.8 Å². The monoisotopic (exact) mass is 331 g/mol. The summed E-state index contributed by atoms with van der Waals surface area (Å²) in [7, 11) is 0. The Labute approximate surface area is 128 Å². The van der Waals surface area contributed by atoms with E-state index in [-0.39, 0.29) is 0 Å². The quantitative estimate of drug-likeness (QED) is 0.886. The fourth-order valence-corrected chi connectivity index (χ4v) is 3.15. The molecule has 0 saturated carbocycles. The van der Waals surface area contributed by atoms with Crippen LogP contribution in [-0.2, 0) is 13.0 Å². The van der Waals surface area contributed by atoms with Crippen molar-refractivity contribution in [3.63, 3.8) is 0 Å². The lowest BCUT2D eigenvalue weighted by molar-refractivity contribution is 0.354. The van der Waals surface area contributed by atoms with Gasteiger partial charge in [-0.2, -0.15) is 0 Å². The molecule has 2 aromatic carbocycles. The molecule has 3 heteroatoms. The molecule has 0 spiro atoms. The summed E-state index contributed by atoms with van der Waals surface area (Å²) in [4.78, 5) is 0. The summed E-state index contributed by atoms with van der Waals surface area (Å²) < 4.78 is 6.89. The molecule has 0 atom stereocenters. The van der Waals surface area contributed by atoms with Gasteiger partial charge >= 0.3 is 0 Å². The smallest absolute Gasteiger partial charge is 0.127 e. The Kier molecular flexibility index (Phi) is 3.70. The van der Waals surface area contributed by atoms with Gasteiger partial charge in [0.05, 0.1) is 6.61 Å². The van der Waals surface area contributed by atoms with Crippen LogP contribution in [0.4, 0.5) is 5.69 Å². The summed E-state index contributed by atoms with van der Waals surface area (Å²) >= 11 is 3.58. The van der Waals surface area contributed by atoms with Crippen molar-refractivity contribution in [1.82, 2.24) is 0 Å². The van der Waals surface area contributed by atoms with Crippen molar-refractivity contribution >= 4 is 21.6 Å². The van der Waals surface area contributed by atoms with Crippen LogP contribution in [0.5, 0.6) is 5.75 Å². The van der Waals surface area contributed by atoms with Gasteiger partial charge in [0, 0.05) is 28.7 Å². The number of aryl methyl sites for hydroxylation is 2. The molecule has 1 N–H and O–H groups in total. The third-order valence-corrected chi connectivity index (χ3v) is 4.15. The molecular weight excluding hydrogens is 314 g/mol. The molecule has 1 aliphatic rings. The number of rotatable bonds is 3. The molecule has 0 bridgehead atoms. The fraction of sp³-hybridized carbons (Fsp3) is 0.294. The highest BCUT2D eigenvalue weighted by Crippen LogP contribution is 2.33. The normalized spacial score (nSPS) is 12.9. The van der Waals surface area contributed by atoms with Gasteiger partial charge in [0.25, 0.3) is 0 Å². The maximum Gasteiger partial charge on any atom is 0.127 e. The molecule has 104 valence electrons. The highest BCUT2D eigenvalue weighted by molar-refractivity contribution is 9.10. The van der Waals surface area contributed by atoms with Crippen LogP contribution >= 0.6 is 15.9 Å². The Morgan fingerprint density at radius 3 is 2.90 bits per heavy atom. The molecule has 1 heterocycles. The molecule has 0 radical (unpaired) electrons. The van der Waals surface area contributed by atoms with Gasteiger partial charge in [-0.3, -0.25) is 0 Å². The molecule has 20 heavy (non-hydrogen) atoms.